The van der Waals surface area contributed by atoms with Crippen molar-refractivity contribution in [1.29, 1.82) is 0 Å². The first-order valence-corrected chi connectivity index (χ1v) is 8.76. The van der Waals surface area contributed by atoms with Crippen molar-refractivity contribution in [2.45, 2.75) is 38.3 Å². The highest BCUT2D eigenvalue weighted by Crippen LogP contribution is 2.32. The van der Waals surface area contributed by atoms with Gasteiger partial charge in [0.05, 0.1) is 11.9 Å². The number of pyridine rings is 1. The molecule has 0 radical (unpaired) electrons. The van der Waals surface area contributed by atoms with Crippen molar-refractivity contribution in [2.24, 2.45) is 5.92 Å². The minimum Gasteiger partial charge on any atom is -0.342 e. The molecule has 24 heavy (non-hydrogen) atoms. The molecule has 6 nitrogen and oxygen atoms in total. The molecule has 2 aliphatic rings. The molecule has 0 aromatic carbocycles. The molecule has 0 unspecified atom stereocenters. The summed E-state index contributed by atoms with van der Waals surface area (Å²) >= 11 is 0. The van der Waals surface area contributed by atoms with Gasteiger partial charge in [-0.15, -0.1) is 0 Å². The van der Waals surface area contributed by atoms with E-state index in [1.807, 2.05) is 24.5 Å². The lowest BCUT2D eigenvalue weighted by Gasteiger charge is -2.32. The lowest BCUT2D eigenvalue weighted by molar-refractivity contribution is -0.133. The summed E-state index contributed by atoms with van der Waals surface area (Å²) in [4.78, 5) is 18.3. The van der Waals surface area contributed by atoms with E-state index < -0.39 is 0 Å². The van der Waals surface area contributed by atoms with Crippen LogP contribution in [0.5, 0.6) is 0 Å². The zero-order valence-corrected chi connectivity index (χ0v) is 13.7. The van der Waals surface area contributed by atoms with Crippen LogP contribution < -0.4 is 5.32 Å². The maximum atomic E-state index is 12.1. The Labute approximate surface area is 141 Å². The van der Waals surface area contributed by atoms with Gasteiger partial charge in [-0.2, -0.15) is 5.10 Å². The van der Waals surface area contributed by atoms with Crippen LogP contribution in [0, 0.1) is 5.92 Å². The van der Waals surface area contributed by atoms with E-state index in [4.69, 9.17) is 0 Å². The highest BCUT2D eigenvalue weighted by atomic mass is 16.2. The maximum absolute atomic E-state index is 12.1. The molecule has 1 saturated heterocycles. The standard InChI is InChI=1S/C18H23N5O/c24-18(13-3-4-13)23-8-5-16(6-9-23)20-11-15-12-21-22-17(15)14-2-1-7-19-10-14/h1-2,7,10,12-13,16,20H,3-6,8-9,11H2,(H,21,22). The van der Waals surface area contributed by atoms with E-state index in [2.05, 4.69) is 25.4 Å². The van der Waals surface area contributed by atoms with Crippen LogP contribution in [0.2, 0.25) is 0 Å². The first-order chi connectivity index (χ1) is 11.8. The molecule has 6 heteroatoms. The molecule has 1 aliphatic heterocycles. The Morgan fingerprint density at radius 3 is 2.79 bits per heavy atom. The molecule has 2 fully saturated rings. The molecule has 2 N–H and O–H groups in total. The highest BCUT2D eigenvalue weighted by molar-refractivity contribution is 5.81. The molecule has 3 heterocycles. The number of carbonyl (C=O) groups excluding carboxylic acids is 1. The Hall–Kier alpha value is -2.21. The average Bonchev–Trinajstić information content (AvgIpc) is 3.38. The van der Waals surface area contributed by atoms with Crippen molar-refractivity contribution in [3.8, 4) is 11.3 Å². The third-order valence-corrected chi connectivity index (χ3v) is 4.98. The van der Waals surface area contributed by atoms with Gasteiger partial charge in [0.15, 0.2) is 0 Å². The molecular formula is C18H23N5O. The van der Waals surface area contributed by atoms with Crippen LogP contribution in [0.15, 0.2) is 30.7 Å². The van der Waals surface area contributed by atoms with Crippen molar-refractivity contribution >= 4 is 5.91 Å². The van der Waals surface area contributed by atoms with Crippen molar-refractivity contribution in [1.82, 2.24) is 25.4 Å². The summed E-state index contributed by atoms with van der Waals surface area (Å²) in [6.07, 6.45) is 9.73. The van der Waals surface area contributed by atoms with Gasteiger partial charge in [-0.3, -0.25) is 14.9 Å². The number of hydrogen-bond acceptors (Lipinski definition) is 4. The third-order valence-electron chi connectivity index (χ3n) is 4.98. The molecule has 0 atom stereocenters. The van der Waals surface area contributed by atoms with Crippen LogP contribution in [-0.2, 0) is 11.3 Å². The maximum Gasteiger partial charge on any atom is 0.225 e. The van der Waals surface area contributed by atoms with Gasteiger partial charge in [-0.1, -0.05) is 0 Å². The summed E-state index contributed by atoms with van der Waals surface area (Å²) in [5.41, 5.74) is 3.23. The minimum atomic E-state index is 0.336. The van der Waals surface area contributed by atoms with Gasteiger partial charge >= 0.3 is 0 Å². The first-order valence-electron chi connectivity index (χ1n) is 8.76. The lowest BCUT2D eigenvalue weighted by Crippen LogP contribution is -2.45. The second-order valence-corrected chi connectivity index (χ2v) is 6.77. The molecule has 2 aromatic rings. The van der Waals surface area contributed by atoms with Crippen LogP contribution >= 0.6 is 0 Å². The fourth-order valence-electron chi connectivity index (χ4n) is 3.35. The van der Waals surface area contributed by atoms with Gasteiger partial charge in [0, 0.05) is 55.1 Å². The molecule has 1 saturated carbocycles. The summed E-state index contributed by atoms with van der Waals surface area (Å²) in [6.45, 7) is 2.55. The van der Waals surface area contributed by atoms with Crippen LogP contribution in [0.25, 0.3) is 11.3 Å². The average molecular weight is 325 g/mol. The SMILES string of the molecule is O=C(C1CC1)N1CCC(NCc2cn[nH]c2-c2cccnc2)CC1. The van der Waals surface area contributed by atoms with E-state index in [1.54, 1.807) is 6.20 Å². The summed E-state index contributed by atoms with van der Waals surface area (Å²) in [5, 5.41) is 10.9. The molecular weight excluding hydrogens is 302 g/mol. The van der Waals surface area contributed by atoms with E-state index in [1.165, 1.54) is 0 Å². The Morgan fingerprint density at radius 1 is 1.25 bits per heavy atom. The van der Waals surface area contributed by atoms with Crippen LogP contribution in [-0.4, -0.2) is 45.1 Å². The predicted octanol–water partition coefficient (Wildman–Crippen LogP) is 1.96. The van der Waals surface area contributed by atoms with Gasteiger partial charge in [-0.25, -0.2) is 0 Å². The smallest absolute Gasteiger partial charge is 0.225 e. The number of amides is 1. The van der Waals surface area contributed by atoms with Crippen molar-refractivity contribution in [2.75, 3.05) is 13.1 Å². The Balaban J connectivity index is 1.31. The summed E-state index contributed by atoms with van der Waals surface area (Å²) in [6, 6.07) is 4.43. The Kier molecular flexibility index (Phi) is 4.30. The monoisotopic (exact) mass is 325 g/mol. The molecule has 4 rings (SSSR count). The van der Waals surface area contributed by atoms with Crippen LogP contribution in [0.4, 0.5) is 0 Å². The number of piperidine rings is 1. The number of nitrogens with zero attached hydrogens (tertiary/aromatic N) is 3. The van der Waals surface area contributed by atoms with Crippen LogP contribution in [0.3, 0.4) is 0 Å². The predicted molar refractivity (Wildman–Crippen MR) is 91.0 cm³/mol. The van der Waals surface area contributed by atoms with Gasteiger partial charge < -0.3 is 10.2 Å². The number of aromatic amines is 1. The lowest BCUT2D eigenvalue weighted by atomic mass is 10.0. The zero-order valence-electron chi connectivity index (χ0n) is 13.7. The summed E-state index contributed by atoms with van der Waals surface area (Å²) in [7, 11) is 0. The third kappa shape index (κ3) is 3.33. The second-order valence-electron chi connectivity index (χ2n) is 6.77. The van der Waals surface area contributed by atoms with Gasteiger partial charge in [-0.05, 0) is 37.8 Å². The Morgan fingerprint density at radius 2 is 2.08 bits per heavy atom. The topological polar surface area (TPSA) is 73.9 Å². The van der Waals surface area contributed by atoms with E-state index in [0.717, 1.165) is 62.1 Å². The molecule has 1 aliphatic carbocycles. The zero-order chi connectivity index (χ0) is 16.4. The Bertz CT molecular complexity index is 686. The van der Waals surface area contributed by atoms with Gasteiger partial charge in [0.25, 0.3) is 0 Å². The molecule has 126 valence electrons. The number of rotatable bonds is 5. The normalized spacial score (nSPS) is 18.8. The second kappa shape index (κ2) is 6.73. The van der Waals surface area contributed by atoms with E-state index >= 15 is 0 Å². The molecule has 2 aromatic heterocycles. The van der Waals surface area contributed by atoms with Crippen molar-refractivity contribution in [3.05, 3.63) is 36.3 Å². The highest BCUT2D eigenvalue weighted by Gasteiger charge is 2.34. The van der Waals surface area contributed by atoms with Gasteiger partial charge in [0.1, 0.15) is 0 Å². The molecule has 0 spiro atoms. The first kappa shape index (κ1) is 15.3. The van der Waals surface area contributed by atoms with E-state index in [9.17, 15) is 4.79 Å². The number of hydrogen-bond donors (Lipinski definition) is 2. The van der Waals surface area contributed by atoms with Crippen molar-refractivity contribution < 1.29 is 4.79 Å². The number of aromatic nitrogens is 3. The molecule has 0 bridgehead atoms. The van der Waals surface area contributed by atoms with E-state index in [0.29, 0.717) is 17.9 Å². The summed E-state index contributed by atoms with van der Waals surface area (Å²) in [5.74, 6) is 0.713. The van der Waals surface area contributed by atoms with E-state index in [-0.39, 0.29) is 0 Å². The largest absolute Gasteiger partial charge is 0.342 e. The summed E-state index contributed by atoms with van der Waals surface area (Å²) < 4.78 is 0. The fourth-order valence-corrected chi connectivity index (χ4v) is 3.35. The fraction of sp³-hybridized carbons (Fsp3) is 0.500. The number of H-pyrrole nitrogens is 1. The van der Waals surface area contributed by atoms with Crippen LogP contribution in [0.1, 0.15) is 31.2 Å². The number of carbonyl (C=O) groups is 1. The molecule has 1 amide bonds. The number of nitrogens with one attached hydrogen (secondary N) is 2. The quantitative estimate of drug-likeness (QED) is 0.881. The minimum absolute atomic E-state index is 0.336. The van der Waals surface area contributed by atoms with Crippen molar-refractivity contribution in [3.63, 3.8) is 0 Å². The van der Waals surface area contributed by atoms with Gasteiger partial charge in [0.2, 0.25) is 5.91 Å². The number of likely N-dealkylation sites (tertiary alicyclic amines) is 1.